The van der Waals surface area contributed by atoms with Crippen LogP contribution in [0.5, 0.6) is 5.75 Å². The van der Waals surface area contributed by atoms with E-state index in [1.807, 2.05) is 0 Å². The molecule has 3 nitrogen and oxygen atoms in total. The molecule has 0 spiro atoms. The van der Waals surface area contributed by atoms with E-state index in [0.29, 0.717) is 17.8 Å². The molecule has 0 aliphatic heterocycles. The van der Waals surface area contributed by atoms with Crippen LogP contribution in [-0.2, 0) is 10.2 Å². The molecule has 0 unspecified atom stereocenters. The Morgan fingerprint density at radius 2 is 1.52 bits per heavy atom. The second kappa shape index (κ2) is 5.64. The van der Waals surface area contributed by atoms with E-state index in [1.165, 1.54) is 7.11 Å². The average Bonchev–Trinajstić information content (AvgIpc) is 2.53. The lowest BCUT2D eigenvalue weighted by Gasteiger charge is -2.57. The van der Waals surface area contributed by atoms with Crippen LogP contribution < -0.4 is 10.1 Å². The number of benzene rings is 1. The highest BCUT2D eigenvalue weighted by atomic mass is 19.2. The van der Waals surface area contributed by atoms with E-state index in [1.54, 1.807) is 0 Å². The number of hydrogen-bond acceptors (Lipinski definition) is 2. The summed E-state index contributed by atoms with van der Waals surface area (Å²) in [6.07, 6.45) is 5.76. The topological polar surface area (TPSA) is 38.3 Å². The second-order valence-corrected chi connectivity index (χ2v) is 8.10. The SMILES string of the molecule is COc1c(F)c(F)c(NC(C)=O)c(F)c1C12CC3CC(CC(C3)C1)C2. The third-order valence-electron chi connectivity index (χ3n) is 6.35. The molecule has 4 aliphatic rings. The number of rotatable bonds is 3. The number of carbonyl (C=O) groups is 1. The number of ether oxygens (including phenoxy) is 1. The standard InChI is InChI=1S/C19H22F3NO2/c1-9(24)23-17-14(20)13(18(25-2)16(22)15(17)21)19-6-10-3-11(7-19)5-12(4-10)8-19/h10-12H,3-8H2,1-2H3,(H,23,24). The summed E-state index contributed by atoms with van der Waals surface area (Å²) < 4.78 is 49.4. The molecule has 1 aromatic rings. The van der Waals surface area contributed by atoms with Crippen LogP contribution in [0.25, 0.3) is 0 Å². The first kappa shape index (κ1) is 16.7. The summed E-state index contributed by atoms with van der Waals surface area (Å²) in [5.41, 5.74) is -1.10. The molecule has 0 radical (unpaired) electrons. The molecule has 136 valence electrons. The number of nitrogens with one attached hydrogen (secondary N) is 1. The van der Waals surface area contributed by atoms with Crippen molar-refractivity contribution in [3.8, 4) is 5.75 Å². The van der Waals surface area contributed by atoms with Gasteiger partial charge in [-0.25, -0.2) is 8.78 Å². The van der Waals surface area contributed by atoms with E-state index in [-0.39, 0.29) is 11.3 Å². The third-order valence-corrected chi connectivity index (χ3v) is 6.35. The second-order valence-electron chi connectivity index (χ2n) is 8.10. The molecule has 6 heteroatoms. The van der Waals surface area contributed by atoms with Crippen molar-refractivity contribution in [2.24, 2.45) is 17.8 Å². The molecule has 1 amide bonds. The van der Waals surface area contributed by atoms with Crippen molar-refractivity contribution in [3.63, 3.8) is 0 Å². The monoisotopic (exact) mass is 353 g/mol. The number of halogens is 3. The Hall–Kier alpha value is -1.72. The minimum atomic E-state index is -1.40. The van der Waals surface area contributed by atoms with Crippen molar-refractivity contribution in [1.29, 1.82) is 0 Å². The van der Waals surface area contributed by atoms with E-state index in [4.69, 9.17) is 4.74 Å². The van der Waals surface area contributed by atoms with E-state index in [2.05, 4.69) is 5.32 Å². The lowest BCUT2D eigenvalue weighted by molar-refractivity contribution is -0.114. The van der Waals surface area contributed by atoms with Crippen LogP contribution in [0.4, 0.5) is 18.9 Å². The highest BCUT2D eigenvalue weighted by Crippen LogP contribution is 2.63. The molecule has 4 bridgehead atoms. The van der Waals surface area contributed by atoms with Gasteiger partial charge >= 0.3 is 0 Å². The largest absolute Gasteiger partial charge is 0.493 e. The van der Waals surface area contributed by atoms with Gasteiger partial charge < -0.3 is 10.1 Å². The summed E-state index contributed by atoms with van der Waals surface area (Å²) >= 11 is 0. The molecular weight excluding hydrogens is 331 g/mol. The first-order chi connectivity index (χ1) is 11.8. The van der Waals surface area contributed by atoms with Crippen LogP contribution in [0.15, 0.2) is 0 Å². The Morgan fingerprint density at radius 1 is 1.00 bits per heavy atom. The zero-order chi connectivity index (χ0) is 17.9. The maximum Gasteiger partial charge on any atom is 0.221 e. The van der Waals surface area contributed by atoms with Gasteiger partial charge in [0.05, 0.1) is 7.11 Å². The van der Waals surface area contributed by atoms with Gasteiger partial charge in [-0.05, 0) is 56.3 Å². The Balaban J connectivity index is 1.92. The molecule has 1 N–H and O–H groups in total. The first-order valence-corrected chi connectivity index (χ1v) is 8.87. The number of carbonyl (C=O) groups excluding carboxylic acids is 1. The van der Waals surface area contributed by atoms with Crippen LogP contribution >= 0.6 is 0 Å². The maximum absolute atomic E-state index is 15.3. The Morgan fingerprint density at radius 3 is 1.96 bits per heavy atom. The zero-order valence-corrected chi connectivity index (χ0v) is 14.4. The van der Waals surface area contributed by atoms with Crippen LogP contribution in [0, 0.1) is 35.2 Å². The number of methoxy groups -OCH3 is 1. The zero-order valence-electron chi connectivity index (χ0n) is 14.4. The summed E-state index contributed by atoms with van der Waals surface area (Å²) in [6.45, 7) is 1.14. The van der Waals surface area contributed by atoms with Crippen LogP contribution in [0.3, 0.4) is 0 Å². The normalized spacial score (nSPS) is 32.8. The van der Waals surface area contributed by atoms with Crippen molar-refractivity contribution >= 4 is 11.6 Å². The molecule has 1 aromatic carbocycles. The minimum Gasteiger partial charge on any atom is -0.493 e. The Kier molecular flexibility index (Phi) is 3.78. The highest BCUT2D eigenvalue weighted by molar-refractivity contribution is 5.89. The fourth-order valence-corrected chi connectivity index (χ4v) is 6.01. The fraction of sp³-hybridized carbons (Fsp3) is 0.632. The van der Waals surface area contributed by atoms with Crippen molar-refractivity contribution in [2.45, 2.75) is 50.9 Å². The quantitative estimate of drug-likeness (QED) is 0.811. The highest BCUT2D eigenvalue weighted by Gasteiger charge is 2.54. The van der Waals surface area contributed by atoms with Gasteiger partial charge in [-0.3, -0.25) is 4.79 Å². The smallest absolute Gasteiger partial charge is 0.221 e. The molecule has 5 rings (SSSR count). The van der Waals surface area contributed by atoms with Gasteiger partial charge in [-0.2, -0.15) is 4.39 Å². The van der Waals surface area contributed by atoms with Crippen molar-refractivity contribution in [3.05, 3.63) is 23.0 Å². The van der Waals surface area contributed by atoms with Gasteiger partial charge in [-0.1, -0.05) is 0 Å². The van der Waals surface area contributed by atoms with Crippen LogP contribution in [-0.4, -0.2) is 13.0 Å². The molecule has 4 aliphatic carbocycles. The summed E-state index contributed by atoms with van der Waals surface area (Å²) in [5.74, 6) is -2.97. The van der Waals surface area contributed by atoms with Crippen molar-refractivity contribution < 1.29 is 22.7 Å². The van der Waals surface area contributed by atoms with Gasteiger partial charge in [-0.15, -0.1) is 0 Å². The summed E-state index contributed by atoms with van der Waals surface area (Å²) in [7, 11) is 1.24. The van der Waals surface area contributed by atoms with Gasteiger partial charge in [0.1, 0.15) is 5.69 Å². The molecule has 0 saturated heterocycles. The minimum absolute atomic E-state index is 0.122. The first-order valence-electron chi connectivity index (χ1n) is 8.87. The van der Waals surface area contributed by atoms with Crippen molar-refractivity contribution in [2.75, 3.05) is 12.4 Å². The average molecular weight is 353 g/mol. The van der Waals surface area contributed by atoms with Gasteiger partial charge in [0.15, 0.2) is 17.4 Å². The van der Waals surface area contributed by atoms with Crippen LogP contribution in [0.1, 0.15) is 51.0 Å². The third kappa shape index (κ3) is 2.44. The van der Waals surface area contributed by atoms with Gasteiger partial charge in [0, 0.05) is 17.9 Å². The predicted octanol–water partition coefficient (Wildman–Crippen LogP) is 4.54. The molecule has 0 aromatic heterocycles. The Labute approximate surface area is 144 Å². The molecule has 0 heterocycles. The molecular formula is C19H22F3NO2. The summed E-state index contributed by atoms with van der Waals surface area (Å²) in [4.78, 5) is 11.3. The van der Waals surface area contributed by atoms with Crippen molar-refractivity contribution in [1.82, 2.24) is 0 Å². The van der Waals surface area contributed by atoms with E-state index in [0.717, 1.165) is 45.4 Å². The fourth-order valence-electron chi connectivity index (χ4n) is 6.01. The predicted molar refractivity (Wildman–Crippen MR) is 87.0 cm³/mol. The number of amides is 1. The summed E-state index contributed by atoms with van der Waals surface area (Å²) in [5, 5.41) is 2.12. The lowest BCUT2D eigenvalue weighted by atomic mass is 9.48. The van der Waals surface area contributed by atoms with Crippen LogP contribution in [0.2, 0.25) is 0 Å². The molecule has 4 saturated carbocycles. The lowest BCUT2D eigenvalue weighted by Crippen LogP contribution is -2.49. The van der Waals surface area contributed by atoms with E-state index >= 15 is 4.39 Å². The maximum atomic E-state index is 15.3. The molecule has 4 fully saturated rings. The number of anilines is 1. The van der Waals surface area contributed by atoms with E-state index in [9.17, 15) is 13.6 Å². The Bertz CT molecular complexity index is 712. The van der Waals surface area contributed by atoms with E-state index < -0.39 is 34.5 Å². The number of hydrogen-bond donors (Lipinski definition) is 1. The van der Waals surface area contributed by atoms with Gasteiger partial charge in [0.25, 0.3) is 0 Å². The summed E-state index contributed by atoms with van der Waals surface area (Å²) in [6, 6.07) is 0. The molecule has 0 atom stereocenters. The van der Waals surface area contributed by atoms with Gasteiger partial charge in [0.2, 0.25) is 11.7 Å². The molecule has 25 heavy (non-hydrogen) atoms.